The lowest BCUT2D eigenvalue weighted by Crippen LogP contribution is -2.50. The number of aliphatic carboxylic acids is 1. The number of carbonyl (C=O) groups excluding carboxylic acids is 2. The predicted octanol–water partition coefficient (Wildman–Crippen LogP) is -0.310. The van der Waals surface area contributed by atoms with Crippen molar-refractivity contribution in [2.24, 2.45) is 11.5 Å². The molecule has 0 saturated carbocycles. The second kappa shape index (κ2) is 9.16. The Morgan fingerprint density at radius 2 is 1.83 bits per heavy atom. The van der Waals surface area contributed by atoms with E-state index in [0.717, 1.165) is 5.56 Å². The van der Waals surface area contributed by atoms with Gasteiger partial charge >= 0.3 is 5.97 Å². The van der Waals surface area contributed by atoms with Gasteiger partial charge in [-0.05, 0) is 12.0 Å². The van der Waals surface area contributed by atoms with Crippen LogP contribution in [0.3, 0.4) is 0 Å². The van der Waals surface area contributed by atoms with Crippen LogP contribution in [0.4, 0.5) is 0 Å². The maximum Gasteiger partial charge on any atom is 0.326 e. The molecule has 1 aromatic rings. The van der Waals surface area contributed by atoms with Gasteiger partial charge in [-0.2, -0.15) is 12.6 Å². The Labute approximate surface area is 139 Å². The van der Waals surface area contributed by atoms with Crippen LogP contribution in [0.25, 0.3) is 0 Å². The monoisotopic (exact) mass is 339 g/mol. The van der Waals surface area contributed by atoms with Crippen molar-refractivity contribution in [3.8, 4) is 0 Å². The molecule has 0 fully saturated rings. The first kappa shape index (κ1) is 19.0. The summed E-state index contributed by atoms with van der Waals surface area (Å²) in [7, 11) is 0. The van der Waals surface area contributed by atoms with Crippen LogP contribution < -0.4 is 16.8 Å². The van der Waals surface area contributed by atoms with Gasteiger partial charge in [-0.1, -0.05) is 30.3 Å². The first-order valence-electron chi connectivity index (χ1n) is 7.10. The largest absolute Gasteiger partial charge is 0.480 e. The van der Waals surface area contributed by atoms with Gasteiger partial charge in [0.15, 0.2) is 0 Å². The van der Waals surface area contributed by atoms with Crippen molar-refractivity contribution in [3.05, 3.63) is 35.9 Å². The van der Waals surface area contributed by atoms with Crippen LogP contribution in [-0.4, -0.2) is 40.2 Å². The minimum atomic E-state index is -1.14. The van der Waals surface area contributed by atoms with Gasteiger partial charge in [-0.3, -0.25) is 9.59 Å². The Morgan fingerprint density at radius 1 is 1.22 bits per heavy atom. The van der Waals surface area contributed by atoms with Gasteiger partial charge in [-0.25, -0.2) is 4.79 Å². The fourth-order valence-corrected chi connectivity index (χ4v) is 2.19. The summed E-state index contributed by atoms with van der Waals surface area (Å²) in [5.74, 6) is -2.25. The highest BCUT2D eigenvalue weighted by Crippen LogP contribution is 2.09. The number of carboxylic acid groups (broad SMARTS) is 1. The third-order valence-corrected chi connectivity index (χ3v) is 3.91. The number of rotatable bonds is 9. The molecule has 0 saturated heterocycles. The Kier molecular flexibility index (Phi) is 7.56. The Morgan fingerprint density at radius 3 is 2.35 bits per heavy atom. The maximum atomic E-state index is 12.1. The Balaban J connectivity index is 2.63. The minimum absolute atomic E-state index is 0.0396. The lowest BCUT2D eigenvalue weighted by Gasteiger charge is -2.21. The number of hydrogen-bond donors (Lipinski definition) is 5. The van der Waals surface area contributed by atoms with Gasteiger partial charge in [0, 0.05) is 18.9 Å². The molecule has 126 valence electrons. The highest BCUT2D eigenvalue weighted by molar-refractivity contribution is 7.81. The molecule has 0 bridgehead atoms. The van der Waals surface area contributed by atoms with Gasteiger partial charge in [0.25, 0.3) is 0 Å². The molecule has 2 amide bonds. The standard InChI is InChI=1S/C15H21N3O4S/c16-10(6-7-12(17)19)13(23)14(20)18-11(15(21)22)8-9-4-2-1-3-5-9/h1-5,10-11,13,23H,6-8,16H2,(H2,17,19)(H,18,20)(H,21,22)/t10-,11-,13?/m0/s1. The van der Waals surface area contributed by atoms with Crippen molar-refractivity contribution >= 4 is 30.4 Å². The van der Waals surface area contributed by atoms with Crippen molar-refractivity contribution in [2.45, 2.75) is 36.6 Å². The maximum absolute atomic E-state index is 12.1. The van der Waals surface area contributed by atoms with Crippen molar-refractivity contribution in [3.63, 3.8) is 0 Å². The van der Waals surface area contributed by atoms with Crippen LogP contribution >= 0.6 is 12.6 Å². The number of nitrogens with one attached hydrogen (secondary N) is 1. The highest BCUT2D eigenvalue weighted by atomic mass is 32.1. The van der Waals surface area contributed by atoms with E-state index in [1.54, 1.807) is 24.3 Å². The molecule has 0 aliphatic heterocycles. The summed E-state index contributed by atoms with van der Waals surface area (Å²) in [6.07, 6.45) is 0.393. The summed E-state index contributed by atoms with van der Waals surface area (Å²) < 4.78 is 0. The number of amides is 2. The molecule has 1 unspecified atom stereocenters. The van der Waals surface area contributed by atoms with Gasteiger partial charge in [0.2, 0.25) is 11.8 Å². The molecule has 0 aliphatic carbocycles. The van der Waals surface area contributed by atoms with E-state index in [9.17, 15) is 19.5 Å². The van der Waals surface area contributed by atoms with E-state index in [1.165, 1.54) is 0 Å². The second-order valence-electron chi connectivity index (χ2n) is 5.20. The van der Waals surface area contributed by atoms with Gasteiger partial charge in [0.1, 0.15) is 6.04 Å². The molecule has 0 aromatic heterocycles. The van der Waals surface area contributed by atoms with Crippen LogP contribution in [0.2, 0.25) is 0 Å². The van der Waals surface area contributed by atoms with E-state index in [0.29, 0.717) is 0 Å². The molecule has 0 heterocycles. The van der Waals surface area contributed by atoms with Crippen LogP contribution in [0.5, 0.6) is 0 Å². The predicted molar refractivity (Wildman–Crippen MR) is 88.9 cm³/mol. The molecule has 6 N–H and O–H groups in total. The molecule has 23 heavy (non-hydrogen) atoms. The zero-order valence-corrected chi connectivity index (χ0v) is 13.4. The minimum Gasteiger partial charge on any atom is -0.480 e. The fourth-order valence-electron chi connectivity index (χ4n) is 1.97. The SMILES string of the molecule is NC(=O)CC[C@H](N)C(S)C(=O)N[C@@H](Cc1ccccc1)C(=O)O. The Bertz CT molecular complexity index is 553. The molecule has 0 radical (unpaired) electrons. The van der Waals surface area contributed by atoms with E-state index in [-0.39, 0.29) is 19.3 Å². The van der Waals surface area contributed by atoms with E-state index in [2.05, 4.69) is 17.9 Å². The number of thiol groups is 1. The second-order valence-corrected chi connectivity index (χ2v) is 5.76. The summed E-state index contributed by atoms with van der Waals surface area (Å²) >= 11 is 4.11. The van der Waals surface area contributed by atoms with Crippen molar-refractivity contribution < 1.29 is 19.5 Å². The zero-order valence-electron chi connectivity index (χ0n) is 12.5. The third-order valence-electron chi connectivity index (χ3n) is 3.30. The van der Waals surface area contributed by atoms with Crippen molar-refractivity contribution in [2.75, 3.05) is 0 Å². The van der Waals surface area contributed by atoms with Crippen LogP contribution in [0.1, 0.15) is 18.4 Å². The first-order chi connectivity index (χ1) is 10.8. The Hall–Kier alpha value is -2.06. The molecule has 3 atom stereocenters. The van der Waals surface area contributed by atoms with Gasteiger partial charge in [0.05, 0.1) is 5.25 Å². The van der Waals surface area contributed by atoms with Crippen LogP contribution in [-0.2, 0) is 20.8 Å². The average Bonchev–Trinajstić information content (AvgIpc) is 2.51. The number of nitrogens with two attached hydrogens (primary N) is 2. The zero-order chi connectivity index (χ0) is 17.4. The van der Waals surface area contributed by atoms with Crippen LogP contribution in [0.15, 0.2) is 30.3 Å². The molecule has 8 heteroatoms. The number of hydrogen-bond acceptors (Lipinski definition) is 5. The van der Waals surface area contributed by atoms with E-state index in [4.69, 9.17) is 11.5 Å². The molecule has 1 aromatic carbocycles. The summed E-state index contributed by atoms with van der Waals surface area (Å²) in [6.45, 7) is 0. The van der Waals surface area contributed by atoms with Crippen molar-refractivity contribution in [1.82, 2.24) is 5.32 Å². The summed E-state index contributed by atoms with van der Waals surface area (Å²) in [6, 6.07) is 7.17. The lowest BCUT2D eigenvalue weighted by atomic mass is 10.0. The highest BCUT2D eigenvalue weighted by Gasteiger charge is 2.27. The molecule has 0 spiro atoms. The summed E-state index contributed by atoms with van der Waals surface area (Å²) in [4.78, 5) is 34.1. The topological polar surface area (TPSA) is 136 Å². The quantitative estimate of drug-likeness (QED) is 0.393. The van der Waals surface area contributed by atoms with E-state index in [1.807, 2.05) is 6.07 Å². The summed E-state index contributed by atoms with van der Waals surface area (Å²) in [5, 5.41) is 10.7. The number of primary amides is 1. The van der Waals surface area contributed by atoms with Gasteiger partial charge < -0.3 is 21.9 Å². The molecule has 0 aliphatic rings. The number of benzene rings is 1. The molecular formula is C15H21N3O4S. The molecule has 1 rings (SSSR count). The third kappa shape index (κ3) is 6.70. The normalized spacial score (nSPS) is 14.5. The number of carboxylic acids is 1. The molecular weight excluding hydrogens is 318 g/mol. The van der Waals surface area contributed by atoms with E-state index >= 15 is 0 Å². The van der Waals surface area contributed by atoms with Crippen molar-refractivity contribution in [1.29, 1.82) is 0 Å². The average molecular weight is 339 g/mol. The molecule has 7 nitrogen and oxygen atoms in total. The van der Waals surface area contributed by atoms with Crippen LogP contribution in [0, 0.1) is 0 Å². The fraction of sp³-hybridized carbons (Fsp3) is 0.400. The smallest absolute Gasteiger partial charge is 0.326 e. The summed E-state index contributed by atoms with van der Waals surface area (Å²) in [5.41, 5.74) is 11.6. The number of carbonyl (C=O) groups is 3. The van der Waals surface area contributed by atoms with Gasteiger partial charge in [-0.15, -0.1) is 0 Å². The first-order valence-corrected chi connectivity index (χ1v) is 7.62. The van der Waals surface area contributed by atoms with E-state index < -0.39 is 35.1 Å². The lowest BCUT2D eigenvalue weighted by molar-refractivity contribution is -0.141.